The van der Waals surface area contributed by atoms with E-state index in [1.807, 2.05) is 24.3 Å². The van der Waals surface area contributed by atoms with Crippen LogP contribution in [-0.4, -0.2) is 5.78 Å². The van der Waals surface area contributed by atoms with Crippen LogP contribution in [0.2, 0.25) is 0 Å². The minimum atomic E-state index is 0.105. The lowest BCUT2D eigenvalue weighted by molar-refractivity contribution is 0.101. The zero-order chi connectivity index (χ0) is 15.3. The number of hydrogen-bond donors (Lipinski definition) is 0. The van der Waals surface area contributed by atoms with Crippen LogP contribution in [0.4, 0.5) is 0 Å². The first-order valence-corrected chi connectivity index (χ1v) is 8.34. The van der Waals surface area contributed by atoms with E-state index >= 15 is 0 Å². The molecule has 1 nitrogen and oxygen atoms in total. The molecular formula is C20H28O. The lowest BCUT2D eigenvalue weighted by atomic mass is 10.1. The van der Waals surface area contributed by atoms with Crippen LogP contribution in [0.3, 0.4) is 0 Å². The summed E-state index contributed by atoms with van der Waals surface area (Å²) < 4.78 is 0. The number of Topliss-reactive ketones (excluding diaryl/α,β-unsaturated/α-hetero) is 1. The van der Waals surface area contributed by atoms with Gasteiger partial charge in [-0.2, -0.15) is 0 Å². The summed E-state index contributed by atoms with van der Waals surface area (Å²) in [6, 6.07) is 7.56. The second-order valence-corrected chi connectivity index (χ2v) is 5.66. The molecule has 0 radical (unpaired) electrons. The van der Waals surface area contributed by atoms with Crippen LogP contribution < -0.4 is 0 Å². The Labute approximate surface area is 130 Å². The van der Waals surface area contributed by atoms with Gasteiger partial charge in [-0.05, 0) is 25.5 Å². The Morgan fingerprint density at radius 2 is 1.48 bits per heavy atom. The van der Waals surface area contributed by atoms with Crippen LogP contribution in [0.5, 0.6) is 0 Å². The topological polar surface area (TPSA) is 17.1 Å². The van der Waals surface area contributed by atoms with E-state index in [0.717, 1.165) is 17.5 Å². The summed E-state index contributed by atoms with van der Waals surface area (Å²) in [5, 5.41) is 0. The maximum Gasteiger partial charge on any atom is 0.159 e. The molecule has 21 heavy (non-hydrogen) atoms. The summed E-state index contributed by atoms with van der Waals surface area (Å²) in [6.45, 7) is 3.84. The van der Waals surface area contributed by atoms with E-state index in [4.69, 9.17) is 0 Å². The summed E-state index contributed by atoms with van der Waals surface area (Å²) in [6.07, 6.45) is 11.7. The average Bonchev–Trinajstić information content (AvgIpc) is 2.49. The molecule has 1 heteroatoms. The first-order valence-electron chi connectivity index (χ1n) is 8.34. The highest BCUT2D eigenvalue weighted by Gasteiger charge is 1.96. The molecule has 0 fully saturated rings. The van der Waals surface area contributed by atoms with E-state index in [-0.39, 0.29) is 5.78 Å². The molecule has 0 saturated carbocycles. The molecule has 0 heterocycles. The number of hydrogen-bond acceptors (Lipinski definition) is 1. The lowest BCUT2D eigenvalue weighted by Crippen LogP contribution is -1.90. The van der Waals surface area contributed by atoms with Gasteiger partial charge >= 0.3 is 0 Å². The summed E-state index contributed by atoms with van der Waals surface area (Å²) in [4.78, 5) is 11.2. The number of rotatable bonds is 9. The molecule has 1 rings (SSSR count). The third-order valence-corrected chi connectivity index (χ3v) is 3.68. The maximum absolute atomic E-state index is 11.2. The van der Waals surface area contributed by atoms with Gasteiger partial charge in [0.05, 0.1) is 0 Å². The van der Waals surface area contributed by atoms with Gasteiger partial charge in [-0.3, -0.25) is 4.79 Å². The van der Waals surface area contributed by atoms with Crippen molar-refractivity contribution in [3.8, 4) is 11.8 Å². The Morgan fingerprint density at radius 3 is 2.05 bits per heavy atom. The summed E-state index contributed by atoms with van der Waals surface area (Å²) in [5.41, 5.74) is 1.75. The highest BCUT2D eigenvalue weighted by Crippen LogP contribution is 2.09. The molecule has 0 N–H and O–H groups in total. The SMILES string of the molecule is CCCCCCCCCCC#Cc1ccc(C(C)=O)cc1. The van der Waals surface area contributed by atoms with E-state index in [1.165, 1.54) is 51.4 Å². The molecule has 0 aliphatic carbocycles. The third kappa shape index (κ3) is 8.35. The minimum absolute atomic E-state index is 0.105. The van der Waals surface area contributed by atoms with Crippen LogP contribution in [0.1, 0.15) is 87.6 Å². The molecule has 0 amide bonds. The maximum atomic E-state index is 11.2. The predicted octanol–water partition coefficient (Wildman–Crippen LogP) is 5.77. The van der Waals surface area contributed by atoms with Crippen molar-refractivity contribution >= 4 is 5.78 Å². The quantitative estimate of drug-likeness (QED) is 0.319. The standard InChI is InChI=1S/C20H28O/c1-3-4-5-6-7-8-9-10-11-12-13-19-14-16-20(17-15-19)18(2)21/h14-17H,3-11H2,1-2H3. The van der Waals surface area contributed by atoms with Crippen molar-refractivity contribution in [1.29, 1.82) is 0 Å². The zero-order valence-corrected chi connectivity index (χ0v) is 13.6. The van der Waals surface area contributed by atoms with Crippen molar-refractivity contribution < 1.29 is 4.79 Å². The lowest BCUT2D eigenvalue weighted by Gasteiger charge is -1.99. The Morgan fingerprint density at radius 1 is 0.905 bits per heavy atom. The zero-order valence-electron chi connectivity index (χ0n) is 13.6. The number of carbonyl (C=O) groups excluding carboxylic acids is 1. The van der Waals surface area contributed by atoms with E-state index in [9.17, 15) is 4.79 Å². The molecule has 0 bridgehead atoms. The van der Waals surface area contributed by atoms with Crippen LogP contribution in [-0.2, 0) is 0 Å². The van der Waals surface area contributed by atoms with Gasteiger partial charge < -0.3 is 0 Å². The van der Waals surface area contributed by atoms with Gasteiger partial charge in [0.2, 0.25) is 0 Å². The van der Waals surface area contributed by atoms with E-state index in [2.05, 4.69) is 18.8 Å². The molecule has 0 saturated heterocycles. The Hall–Kier alpha value is -1.55. The van der Waals surface area contributed by atoms with Crippen LogP contribution in [0.15, 0.2) is 24.3 Å². The molecule has 0 aromatic heterocycles. The van der Waals surface area contributed by atoms with Crippen LogP contribution in [0, 0.1) is 11.8 Å². The van der Waals surface area contributed by atoms with Gasteiger partial charge in [-0.15, -0.1) is 0 Å². The van der Waals surface area contributed by atoms with Crippen molar-refractivity contribution in [2.75, 3.05) is 0 Å². The molecule has 0 spiro atoms. The predicted molar refractivity (Wildman–Crippen MR) is 90.6 cm³/mol. The number of unbranched alkanes of at least 4 members (excludes halogenated alkanes) is 8. The van der Waals surface area contributed by atoms with E-state index < -0.39 is 0 Å². The Kier molecular flexibility index (Phi) is 9.29. The fourth-order valence-electron chi connectivity index (χ4n) is 2.30. The largest absolute Gasteiger partial charge is 0.295 e. The second kappa shape index (κ2) is 11.1. The summed E-state index contributed by atoms with van der Waals surface area (Å²) in [5.74, 6) is 6.50. The molecule has 114 valence electrons. The van der Waals surface area contributed by atoms with Gasteiger partial charge in [-0.1, -0.05) is 75.8 Å². The first kappa shape index (κ1) is 17.5. The molecule has 0 aliphatic rings. The highest BCUT2D eigenvalue weighted by atomic mass is 16.1. The monoisotopic (exact) mass is 284 g/mol. The highest BCUT2D eigenvalue weighted by molar-refractivity contribution is 5.94. The van der Waals surface area contributed by atoms with Crippen molar-refractivity contribution in [3.05, 3.63) is 35.4 Å². The smallest absolute Gasteiger partial charge is 0.159 e. The molecule has 0 aliphatic heterocycles. The number of carbonyl (C=O) groups is 1. The fourth-order valence-corrected chi connectivity index (χ4v) is 2.30. The average molecular weight is 284 g/mol. The van der Waals surface area contributed by atoms with Crippen molar-refractivity contribution in [2.45, 2.75) is 71.6 Å². The molecule has 0 unspecified atom stereocenters. The van der Waals surface area contributed by atoms with E-state index in [1.54, 1.807) is 6.92 Å². The van der Waals surface area contributed by atoms with Gasteiger partial charge in [0, 0.05) is 17.5 Å². The molecule has 1 aromatic rings. The van der Waals surface area contributed by atoms with E-state index in [0.29, 0.717) is 0 Å². The van der Waals surface area contributed by atoms with Gasteiger partial charge in [-0.25, -0.2) is 0 Å². The second-order valence-electron chi connectivity index (χ2n) is 5.66. The van der Waals surface area contributed by atoms with Crippen molar-refractivity contribution in [2.24, 2.45) is 0 Å². The molecular weight excluding hydrogens is 256 g/mol. The first-order chi connectivity index (χ1) is 10.2. The van der Waals surface area contributed by atoms with Crippen molar-refractivity contribution in [1.82, 2.24) is 0 Å². The third-order valence-electron chi connectivity index (χ3n) is 3.68. The Balaban J connectivity index is 2.11. The summed E-state index contributed by atoms with van der Waals surface area (Å²) in [7, 11) is 0. The number of benzene rings is 1. The Bertz CT molecular complexity index is 459. The minimum Gasteiger partial charge on any atom is -0.295 e. The fraction of sp³-hybridized carbons (Fsp3) is 0.550. The van der Waals surface area contributed by atoms with Crippen molar-refractivity contribution in [3.63, 3.8) is 0 Å². The number of ketones is 1. The molecule has 1 aromatic carbocycles. The normalized spacial score (nSPS) is 10.0. The van der Waals surface area contributed by atoms with Gasteiger partial charge in [0.15, 0.2) is 5.78 Å². The molecule has 0 atom stereocenters. The van der Waals surface area contributed by atoms with Crippen LogP contribution in [0.25, 0.3) is 0 Å². The van der Waals surface area contributed by atoms with Gasteiger partial charge in [0.1, 0.15) is 0 Å². The van der Waals surface area contributed by atoms with Crippen LogP contribution >= 0.6 is 0 Å². The summed E-state index contributed by atoms with van der Waals surface area (Å²) >= 11 is 0. The van der Waals surface area contributed by atoms with Gasteiger partial charge in [0.25, 0.3) is 0 Å².